The first-order valence-electron chi connectivity index (χ1n) is 8.06. The molecule has 2 atom stereocenters. The van der Waals surface area contributed by atoms with Crippen molar-refractivity contribution in [2.24, 2.45) is 5.73 Å². The van der Waals surface area contributed by atoms with Crippen LogP contribution in [0.25, 0.3) is 0 Å². The molecule has 24 heavy (non-hydrogen) atoms. The first-order chi connectivity index (χ1) is 11.6. The largest absolute Gasteiger partial charge is 0.463 e. The lowest BCUT2D eigenvalue weighted by molar-refractivity contribution is -0.440. The van der Waals surface area contributed by atoms with E-state index in [1.807, 2.05) is 13.0 Å². The van der Waals surface area contributed by atoms with Crippen LogP contribution >= 0.6 is 0 Å². The van der Waals surface area contributed by atoms with Gasteiger partial charge in [0.2, 0.25) is 12.6 Å². The summed E-state index contributed by atoms with van der Waals surface area (Å²) >= 11 is 0. The fourth-order valence-electron chi connectivity index (χ4n) is 2.23. The summed E-state index contributed by atoms with van der Waals surface area (Å²) in [5.74, 6) is -1.08. The van der Waals surface area contributed by atoms with Gasteiger partial charge in [0.25, 0.3) is 0 Å². The van der Waals surface area contributed by atoms with Gasteiger partial charge in [0, 0.05) is 11.6 Å². The number of unbranched alkanes of at least 4 members (excludes halogenated alkanes) is 1. The molecule has 0 amide bonds. The Morgan fingerprint density at radius 2 is 2.04 bits per heavy atom. The number of nitrogens with zero attached hydrogens (tertiary/aromatic N) is 1. The lowest BCUT2D eigenvalue weighted by Gasteiger charge is -2.16. The third kappa shape index (κ3) is 5.31. The number of carbonyl (C=O) groups excluding carboxylic acids is 2. The zero-order valence-corrected chi connectivity index (χ0v) is 13.8. The van der Waals surface area contributed by atoms with Crippen molar-refractivity contribution in [2.45, 2.75) is 31.9 Å². The zero-order valence-electron chi connectivity index (χ0n) is 13.8. The average Bonchev–Trinajstić information content (AvgIpc) is 2.98. The Hall–Kier alpha value is -2.47. The molecule has 0 radical (unpaired) electrons. The summed E-state index contributed by atoms with van der Waals surface area (Å²) in [7, 11) is 0. The Labute approximate surface area is 141 Å². The van der Waals surface area contributed by atoms with E-state index in [0.29, 0.717) is 12.2 Å². The number of hydrogen-bond acceptors (Lipinski definition) is 5. The van der Waals surface area contributed by atoms with Gasteiger partial charge in [0.1, 0.15) is 6.04 Å². The van der Waals surface area contributed by atoms with Crippen LogP contribution in [0.15, 0.2) is 42.6 Å². The number of carbonyl (C=O) groups is 2. The summed E-state index contributed by atoms with van der Waals surface area (Å²) in [5, 5.41) is 0. The monoisotopic (exact) mass is 331 g/mol. The molecule has 1 unspecified atom stereocenters. The van der Waals surface area contributed by atoms with E-state index in [0.717, 1.165) is 12.8 Å². The predicted octanol–water partition coefficient (Wildman–Crippen LogP) is 1.55. The van der Waals surface area contributed by atoms with E-state index >= 15 is 0 Å². The van der Waals surface area contributed by atoms with Crippen molar-refractivity contribution >= 4 is 18.2 Å². The van der Waals surface area contributed by atoms with E-state index in [-0.39, 0.29) is 12.6 Å². The highest BCUT2D eigenvalue weighted by atomic mass is 16.6. The molecule has 0 aromatic heterocycles. The SMILES string of the molecule is CCCCOC(=O)[C@@H](OC(=O)C[N+]1=CC(N)C=C1)c1ccccc1. The summed E-state index contributed by atoms with van der Waals surface area (Å²) in [6.07, 6.45) is 5.81. The Morgan fingerprint density at radius 3 is 2.67 bits per heavy atom. The lowest BCUT2D eigenvalue weighted by atomic mass is 10.1. The third-order valence-corrected chi connectivity index (χ3v) is 3.48. The maximum atomic E-state index is 12.3. The van der Waals surface area contributed by atoms with E-state index in [2.05, 4.69) is 0 Å². The highest BCUT2D eigenvalue weighted by Crippen LogP contribution is 2.19. The second kappa shape index (κ2) is 8.98. The molecule has 2 rings (SSSR count). The maximum absolute atomic E-state index is 12.3. The molecule has 0 saturated carbocycles. The molecule has 0 spiro atoms. The lowest BCUT2D eigenvalue weighted by Crippen LogP contribution is -2.27. The first-order valence-corrected chi connectivity index (χ1v) is 8.06. The Morgan fingerprint density at radius 1 is 1.29 bits per heavy atom. The van der Waals surface area contributed by atoms with Crippen LogP contribution in [0.3, 0.4) is 0 Å². The molecule has 1 heterocycles. The van der Waals surface area contributed by atoms with E-state index in [9.17, 15) is 9.59 Å². The molecule has 0 fully saturated rings. The van der Waals surface area contributed by atoms with Gasteiger partial charge in [-0.15, -0.1) is 0 Å². The molecule has 0 aliphatic carbocycles. The predicted molar refractivity (Wildman–Crippen MR) is 89.4 cm³/mol. The minimum absolute atomic E-state index is 0.00419. The Bertz CT molecular complexity index is 625. The number of benzene rings is 1. The molecule has 6 nitrogen and oxygen atoms in total. The summed E-state index contributed by atoms with van der Waals surface area (Å²) in [5.41, 5.74) is 6.29. The fourth-order valence-corrected chi connectivity index (χ4v) is 2.23. The molecule has 0 saturated heterocycles. The van der Waals surface area contributed by atoms with Crippen LogP contribution < -0.4 is 5.73 Å². The number of hydrogen-bond donors (Lipinski definition) is 1. The van der Waals surface area contributed by atoms with Crippen molar-refractivity contribution in [3.63, 3.8) is 0 Å². The molecule has 128 valence electrons. The standard InChI is InChI=1S/C18H23N2O4/c1-2-3-11-23-18(22)17(14-7-5-4-6-8-14)24-16(21)13-20-10-9-15(19)12-20/h4-10,12,15,17H,2-3,11,13,19H2,1H3/q+1/t15?,17-/m0/s1. The van der Waals surface area contributed by atoms with Crippen LogP contribution in [-0.4, -0.2) is 41.9 Å². The normalized spacial score (nSPS) is 17.2. The van der Waals surface area contributed by atoms with E-state index in [4.69, 9.17) is 15.2 Å². The van der Waals surface area contributed by atoms with E-state index in [1.54, 1.807) is 47.3 Å². The molecular weight excluding hydrogens is 308 g/mol. The van der Waals surface area contributed by atoms with Crippen LogP contribution in [0, 0.1) is 0 Å². The molecule has 1 aromatic rings. The van der Waals surface area contributed by atoms with Crippen LogP contribution in [0.5, 0.6) is 0 Å². The second-order valence-electron chi connectivity index (χ2n) is 5.54. The highest BCUT2D eigenvalue weighted by molar-refractivity contribution is 5.81. The number of ether oxygens (including phenoxy) is 2. The van der Waals surface area contributed by atoms with Gasteiger partial charge >= 0.3 is 11.9 Å². The summed E-state index contributed by atoms with van der Waals surface area (Å²) in [6, 6.07) is 8.66. The van der Waals surface area contributed by atoms with Gasteiger partial charge in [0.15, 0.2) is 12.4 Å². The smallest absolute Gasteiger partial charge is 0.373 e. The van der Waals surface area contributed by atoms with Crippen molar-refractivity contribution in [3.8, 4) is 0 Å². The molecule has 1 aromatic carbocycles. The molecule has 6 heteroatoms. The summed E-state index contributed by atoms with van der Waals surface area (Å²) < 4.78 is 12.2. The summed E-state index contributed by atoms with van der Waals surface area (Å²) in [4.78, 5) is 24.4. The molecular formula is C18H23N2O4+. The van der Waals surface area contributed by atoms with Gasteiger partial charge in [-0.2, -0.15) is 4.58 Å². The van der Waals surface area contributed by atoms with Crippen molar-refractivity contribution in [3.05, 3.63) is 48.2 Å². The summed E-state index contributed by atoms with van der Waals surface area (Å²) in [6.45, 7) is 2.32. The van der Waals surface area contributed by atoms with Crippen molar-refractivity contribution in [1.82, 2.24) is 0 Å². The van der Waals surface area contributed by atoms with Crippen molar-refractivity contribution in [1.29, 1.82) is 0 Å². The zero-order chi connectivity index (χ0) is 17.4. The maximum Gasteiger partial charge on any atom is 0.373 e. The van der Waals surface area contributed by atoms with Crippen molar-refractivity contribution in [2.75, 3.05) is 13.2 Å². The van der Waals surface area contributed by atoms with E-state index < -0.39 is 18.0 Å². The van der Waals surface area contributed by atoms with Crippen molar-refractivity contribution < 1.29 is 23.6 Å². The van der Waals surface area contributed by atoms with Crippen LogP contribution in [0.4, 0.5) is 0 Å². The number of rotatable bonds is 8. The van der Waals surface area contributed by atoms with Gasteiger partial charge in [-0.1, -0.05) is 43.7 Å². The molecule has 0 bridgehead atoms. The fraction of sp³-hybridized carbons (Fsp3) is 0.389. The Kier molecular flexibility index (Phi) is 6.69. The second-order valence-corrected chi connectivity index (χ2v) is 5.54. The highest BCUT2D eigenvalue weighted by Gasteiger charge is 2.28. The van der Waals surface area contributed by atoms with Crippen LogP contribution in [-0.2, 0) is 19.1 Å². The van der Waals surface area contributed by atoms with Gasteiger partial charge in [0.05, 0.1) is 6.61 Å². The third-order valence-electron chi connectivity index (χ3n) is 3.48. The van der Waals surface area contributed by atoms with Crippen LogP contribution in [0.1, 0.15) is 31.4 Å². The minimum atomic E-state index is -1.06. The Balaban J connectivity index is 2.02. The molecule has 2 N–H and O–H groups in total. The van der Waals surface area contributed by atoms with Gasteiger partial charge in [-0.25, -0.2) is 9.59 Å². The topological polar surface area (TPSA) is 81.6 Å². The minimum Gasteiger partial charge on any atom is -0.463 e. The number of nitrogens with two attached hydrogens (primary N) is 1. The van der Waals surface area contributed by atoms with Gasteiger partial charge < -0.3 is 15.2 Å². The number of esters is 2. The first kappa shape index (κ1) is 17.9. The van der Waals surface area contributed by atoms with Crippen LogP contribution in [0.2, 0.25) is 0 Å². The van der Waals surface area contributed by atoms with Gasteiger partial charge in [-0.3, -0.25) is 0 Å². The average molecular weight is 331 g/mol. The quantitative estimate of drug-likeness (QED) is 0.444. The van der Waals surface area contributed by atoms with E-state index in [1.165, 1.54) is 0 Å². The molecule has 1 aliphatic heterocycles. The molecule has 1 aliphatic rings. The van der Waals surface area contributed by atoms with Gasteiger partial charge in [-0.05, 0) is 6.42 Å².